The Morgan fingerprint density at radius 2 is 1.95 bits per heavy atom. The number of hydrogen-bond donors (Lipinski definition) is 0. The first kappa shape index (κ1) is 16.0. The van der Waals surface area contributed by atoms with Crippen molar-refractivity contribution in [1.29, 1.82) is 0 Å². The number of ether oxygens (including phenoxy) is 1. The molecule has 1 aliphatic heterocycles. The van der Waals surface area contributed by atoms with Gasteiger partial charge < -0.3 is 9.64 Å². The van der Waals surface area contributed by atoms with Gasteiger partial charge >= 0.3 is 0 Å². The fraction of sp³-hybridized carbons (Fsp3) is 0.533. The van der Waals surface area contributed by atoms with Gasteiger partial charge in [0.15, 0.2) is 9.84 Å². The summed E-state index contributed by atoms with van der Waals surface area (Å²) in [6.45, 7) is 6.50. The normalized spacial score (nSPS) is 15.4. The Bertz CT molecular complexity index is 659. The highest BCUT2D eigenvalue weighted by atomic mass is 32.2. The maximum absolute atomic E-state index is 12.3. The third-order valence-electron chi connectivity index (χ3n) is 3.61. The minimum Gasteiger partial charge on any atom is -0.384 e. The SMILES string of the molecule is COCCS(=O)(=O)c1ccc2c(c1)CN(C(C)(C)C)C2=O. The molecule has 5 nitrogen and oxygen atoms in total. The maximum Gasteiger partial charge on any atom is 0.254 e. The van der Waals surface area contributed by atoms with E-state index in [0.717, 1.165) is 5.56 Å². The number of benzene rings is 1. The van der Waals surface area contributed by atoms with Gasteiger partial charge in [-0.15, -0.1) is 0 Å². The van der Waals surface area contributed by atoms with Crippen LogP contribution >= 0.6 is 0 Å². The molecule has 1 heterocycles. The molecule has 21 heavy (non-hydrogen) atoms. The Hall–Kier alpha value is -1.40. The predicted octanol–water partition coefficient (Wildman–Crippen LogP) is 1.86. The van der Waals surface area contributed by atoms with Crippen LogP contribution in [-0.4, -0.2) is 44.2 Å². The molecule has 0 saturated carbocycles. The van der Waals surface area contributed by atoms with Crippen molar-refractivity contribution in [3.63, 3.8) is 0 Å². The standard InChI is InChI=1S/C15H21NO4S/c1-15(2,3)16-10-11-9-12(5-6-13(11)14(16)17)21(18,19)8-7-20-4/h5-6,9H,7-8,10H2,1-4H3. The molecule has 1 aromatic rings. The third kappa shape index (κ3) is 3.11. The lowest BCUT2D eigenvalue weighted by Gasteiger charge is -2.31. The zero-order valence-corrected chi connectivity index (χ0v) is 13.7. The van der Waals surface area contributed by atoms with Gasteiger partial charge in [0.1, 0.15) is 0 Å². The maximum atomic E-state index is 12.3. The second-order valence-corrected chi connectivity index (χ2v) is 8.30. The van der Waals surface area contributed by atoms with Gasteiger partial charge in [0.2, 0.25) is 0 Å². The van der Waals surface area contributed by atoms with Gasteiger partial charge in [0.05, 0.1) is 17.3 Å². The van der Waals surface area contributed by atoms with Gasteiger partial charge in [0, 0.05) is 24.8 Å². The van der Waals surface area contributed by atoms with E-state index in [4.69, 9.17) is 4.74 Å². The van der Waals surface area contributed by atoms with Gasteiger partial charge in [-0.1, -0.05) is 0 Å². The monoisotopic (exact) mass is 311 g/mol. The number of hydrogen-bond acceptors (Lipinski definition) is 4. The number of carbonyl (C=O) groups is 1. The first-order valence-electron chi connectivity index (χ1n) is 6.83. The Balaban J connectivity index is 2.34. The largest absolute Gasteiger partial charge is 0.384 e. The van der Waals surface area contributed by atoms with E-state index in [1.807, 2.05) is 20.8 Å². The minimum atomic E-state index is -3.37. The van der Waals surface area contributed by atoms with Crippen LogP contribution in [0.15, 0.2) is 23.1 Å². The molecule has 6 heteroatoms. The van der Waals surface area contributed by atoms with Crippen LogP contribution in [0.25, 0.3) is 0 Å². The summed E-state index contributed by atoms with van der Waals surface area (Å²) in [5.41, 5.74) is 1.08. The highest BCUT2D eigenvalue weighted by Crippen LogP contribution is 2.30. The Kier molecular flexibility index (Phi) is 4.13. The zero-order chi connectivity index (χ0) is 15.8. The van der Waals surface area contributed by atoms with Crippen molar-refractivity contribution < 1.29 is 17.9 Å². The van der Waals surface area contributed by atoms with Gasteiger partial charge in [-0.3, -0.25) is 4.79 Å². The molecule has 0 aromatic heterocycles. The van der Waals surface area contributed by atoms with Crippen molar-refractivity contribution >= 4 is 15.7 Å². The fourth-order valence-electron chi connectivity index (χ4n) is 2.34. The molecule has 2 rings (SSSR count). The van der Waals surface area contributed by atoms with Crippen molar-refractivity contribution in [3.05, 3.63) is 29.3 Å². The molecule has 0 radical (unpaired) electrons. The van der Waals surface area contributed by atoms with E-state index >= 15 is 0 Å². The molecule has 1 aromatic carbocycles. The summed E-state index contributed by atoms with van der Waals surface area (Å²) in [6.07, 6.45) is 0. The van der Waals surface area contributed by atoms with Crippen LogP contribution in [0.5, 0.6) is 0 Å². The fourth-order valence-corrected chi connectivity index (χ4v) is 3.56. The first-order valence-corrected chi connectivity index (χ1v) is 8.48. The molecule has 0 N–H and O–H groups in total. The predicted molar refractivity (Wildman–Crippen MR) is 80.0 cm³/mol. The molecule has 0 fully saturated rings. The molecule has 1 amide bonds. The number of carbonyl (C=O) groups excluding carboxylic acids is 1. The molecular formula is C15H21NO4S. The van der Waals surface area contributed by atoms with E-state index in [1.165, 1.54) is 13.2 Å². The van der Waals surface area contributed by atoms with E-state index in [9.17, 15) is 13.2 Å². The van der Waals surface area contributed by atoms with Crippen molar-refractivity contribution in [2.75, 3.05) is 19.5 Å². The van der Waals surface area contributed by atoms with E-state index in [0.29, 0.717) is 12.1 Å². The average Bonchev–Trinajstić information content (AvgIpc) is 2.73. The van der Waals surface area contributed by atoms with Crippen molar-refractivity contribution in [3.8, 4) is 0 Å². The Morgan fingerprint density at radius 1 is 1.29 bits per heavy atom. The van der Waals surface area contributed by atoms with E-state index in [2.05, 4.69) is 0 Å². The van der Waals surface area contributed by atoms with E-state index < -0.39 is 9.84 Å². The Labute approximate surface area is 125 Å². The number of rotatable bonds is 4. The number of nitrogens with zero attached hydrogens (tertiary/aromatic N) is 1. The summed E-state index contributed by atoms with van der Waals surface area (Å²) in [4.78, 5) is 14.3. The van der Waals surface area contributed by atoms with Crippen molar-refractivity contribution in [1.82, 2.24) is 4.90 Å². The second-order valence-electron chi connectivity index (χ2n) is 6.19. The van der Waals surface area contributed by atoms with Gasteiger partial charge in [-0.25, -0.2) is 8.42 Å². The topological polar surface area (TPSA) is 63.7 Å². The molecule has 0 aliphatic carbocycles. The molecule has 0 spiro atoms. The molecule has 0 bridgehead atoms. The number of amides is 1. The van der Waals surface area contributed by atoms with Crippen LogP contribution in [0, 0.1) is 0 Å². The first-order chi connectivity index (χ1) is 9.66. The third-order valence-corrected chi connectivity index (χ3v) is 5.28. The van der Waals surface area contributed by atoms with Crippen LogP contribution < -0.4 is 0 Å². The summed E-state index contributed by atoms with van der Waals surface area (Å²) in [7, 11) is -1.90. The van der Waals surface area contributed by atoms with Crippen LogP contribution in [0.3, 0.4) is 0 Å². The van der Waals surface area contributed by atoms with Crippen molar-refractivity contribution in [2.45, 2.75) is 37.8 Å². The average molecular weight is 311 g/mol. The van der Waals surface area contributed by atoms with Gasteiger partial charge in [-0.05, 0) is 44.5 Å². The molecular weight excluding hydrogens is 290 g/mol. The summed E-state index contributed by atoms with van der Waals surface area (Å²) in [6, 6.07) is 4.74. The molecule has 0 unspecified atom stereocenters. The zero-order valence-electron chi connectivity index (χ0n) is 12.8. The van der Waals surface area contributed by atoms with E-state index in [1.54, 1.807) is 17.0 Å². The smallest absolute Gasteiger partial charge is 0.254 e. The highest BCUT2D eigenvalue weighted by Gasteiger charge is 2.35. The highest BCUT2D eigenvalue weighted by molar-refractivity contribution is 7.91. The van der Waals surface area contributed by atoms with Crippen LogP contribution in [0.1, 0.15) is 36.7 Å². The van der Waals surface area contributed by atoms with Crippen molar-refractivity contribution in [2.24, 2.45) is 0 Å². The molecule has 0 atom stereocenters. The van der Waals surface area contributed by atoms with Gasteiger partial charge in [0.25, 0.3) is 5.91 Å². The molecule has 0 saturated heterocycles. The van der Waals surface area contributed by atoms with Gasteiger partial charge in [-0.2, -0.15) is 0 Å². The second kappa shape index (κ2) is 5.42. The number of methoxy groups -OCH3 is 1. The van der Waals surface area contributed by atoms with E-state index in [-0.39, 0.29) is 28.7 Å². The summed E-state index contributed by atoms with van der Waals surface area (Å²) in [5.74, 6) is -0.0995. The molecule has 1 aliphatic rings. The quantitative estimate of drug-likeness (QED) is 0.851. The van der Waals surface area contributed by atoms with Crippen LogP contribution in [0.4, 0.5) is 0 Å². The lowest BCUT2D eigenvalue weighted by molar-refractivity contribution is 0.0609. The lowest BCUT2D eigenvalue weighted by Crippen LogP contribution is -2.41. The molecule has 116 valence electrons. The number of sulfone groups is 1. The number of fused-ring (bicyclic) bond motifs is 1. The van der Waals surface area contributed by atoms with Crippen LogP contribution in [0.2, 0.25) is 0 Å². The lowest BCUT2D eigenvalue weighted by atomic mass is 10.1. The summed E-state index contributed by atoms with van der Waals surface area (Å²) in [5, 5.41) is 0. The van der Waals surface area contributed by atoms with Crippen LogP contribution in [-0.2, 0) is 21.1 Å². The minimum absolute atomic E-state index is 0.0432. The Morgan fingerprint density at radius 3 is 2.52 bits per heavy atom. The summed E-state index contributed by atoms with van der Waals surface area (Å²) >= 11 is 0. The summed E-state index contributed by atoms with van der Waals surface area (Å²) < 4.78 is 29.2.